The molecule has 1 fully saturated rings. The van der Waals surface area contributed by atoms with Crippen molar-refractivity contribution >= 4 is 5.97 Å². The van der Waals surface area contributed by atoms with E-state index in [1.807, 2.05) is 0 Å². The van der Waals surface area contributed by atoms with E-state index in [0.29, 0.717) is 6.42 Å². The average Bonchev–Trinajstić information content (AvgIpc) is 2.19. The van der Waals surface area contributed by atoms with Crippen molar-refractivity contribution in [3.05, 3.63) is 0 Å². The first-order chi connectivity index (χ1) is 6.61. The quantitative estimate of drug-likeness (QED) is 0.730. The third-order valence-corrected chi connectivity index (χ3v) is 3.63. The lowest BCUT2D eigenvalue weighted by Crippen LogP contribution is -2.37. The van der Waals surface area contributed by atoms with Crippen LogP contribution in [0.25, 0.3) is 0 Å². The number of hydrogen-bond donors (Lipinski definition) is 2. The molecular weight excluding hydrogens is 180 g/mol. The van der Waals surface area contributed by atoms with Crippen LogP contribution in [-0.2, 0) is 4.79 Å². The van der Waals surface area contributed by atoms with E-state index in [4.69, 9.17) is 5.11 Å². The highest BCUT2D eigenvalue weighted by Gasteiger charge is 2.40. The molecular formula is C11H20O3. The predicted octanol–water partition coefficient (Wildman–Crippen LogP) is 2.04. The predicted molar refractivity (Wildman–Crippen MR) is 54.0 cm³/mol. The second-order valence-corrected chi connectivity index (χ2v) is 4.53. The van der Waals surface area contributed by atoms with E-state index < -0.39 is 11.4 Å². The largest absolute Gasteiger partial charge is 0.481 e. The Labute approximate surface area is 85.1 Å². The van der Waals surface area contributed by atoms with Crippen LogP contribution in [0, 0.1) is 11.3 Å². The number of carboxylic acids is 1. The second-order valence-electron chi connectivity index (χ2n) is 4.53. The molecule has 1 rings (SSSR count). The zero-order valence-corrected chi connectivity index (χ0v) is 8.83. The summed E-state index contributed by atoms with van der Waals surface area (Å²) in [7, 11) is 0. The van der Waals surface area contributed by atoms with Crippen LogP contribution in [0.15, 0.2) is 0 Å². The van der Waals surface area contributed by atoms with Gasteiger partial charge in [0.25, 0.3) is 0 Å². The Morgan fingerprint density at radius 1 is 1.36 bits per heavy atom. The molecule has 1 aliphatic carbocycles. The summed E-state index contributed by atoms with van der Waals surface area (Å²) in [5, 5.41) is 18.1. The Morgan fingerprint density at radius 3 is 2.36 bits per heavy atom. The van der Waals surface area contributed by atoms with Crippen LogP contribution in [0.5, 0.6) is 0 Å². The summed E-state index contributed by atoms with van der Waals surface area (Å²) in [4.78, 5) is 11.2. The van der Waals surface area contributed by atoms with Gasteiger partial charge in [0.1, 0.15) is 0 Å². The van der Waals surface area contributed by atoms with Gasteiger partial charge in [-0.1, -0.05) is 19.3 Å². The van der Waals surface area contributed by atoms with Crippen LogP contribution in [-0.4, -0.2) is 22.8 Å². The minimum absolute atomic E-state index is 0.0285. The molecule has 1 unspecified atom stereocenters. The fourth-order valence-electron chi connectivity index (χ4n) is 2.46. The monoisotopic (exact) mass is 200 g/mol. The van der Waals surface area contributed by atoms with Crippen LogP contribution in [0.4, 0.5) is 0 Å². The molecule has 1 aliphatic rings. The molecule has 1 atom stereocenters. The van der Waals surface area contributed by atoms with E-state index >= 15 is 0 Å². The smallest absolute Gasteiger partial charge is 0.309 e. The fraction of sp³-hybridized carbons (Fsp3) is 0.909. The lowest BCUT2D eigenvalue weighted by atomic mass is 9.68. The summed E-state index contributed by atoms with van der Waals surface area (Å²) in [6.07, 6.45) is 5.89. The van der Waals surface area contributed by atoms with Crippen molar-refractivity contribution < 1.29 is 15.0 Å². The van der Waals surface area contributed by atoms with E-state index in [0.717, 1.165) is 25.7 Å². The van der Waals surface area contributed by atoms with Crippen molar-refractivity contribution in [1.82, 2.24) is 0 Å². The topological polar surface area (TPSA) is 57.5 Å². The van der Waals surface area contributed by atoms with Gasteiger partial charge in [-0.15, -0.1) is 0 Å². The zero-order valence-electron chi connectivity index (χ0n) is 8.83. The molecule has 14 heavy (non-hydrogen) atoms. The molecule has 0 radical (unpaired) electrons. The maximum absolute atomic E-state index is 11.2. The highest BCUT2D eigenvalue weighted by molar-refractivity contribution is 5.74. The highest BCUT2D eigenvalue weighted by Crippen LogP contribution is 2.40. The van der Waals surface area contributed by atoms with E-state index in [1.165, 1.54) is 6.42 Å². The minimum Gasteiger partial charge on any atom is -0.481 e. The molecule has 3 heteroatoms. The van der Waals surface area contributed by atoms with Crippen molar-refractivity contribution in [3.8, 4) is 0 Å². The van der Waals surface area contributed by atoms with Gasteiger partial charge in [-0.2, -0.15) is 0 Å². The van der Waals surface area contributed by atoms with Crippen LogP contribution in [0.2, 0.25) is 0 Å². The lowest BCUT2D eigenvalue weighted by molar-refractivity contribution is -0.153. The van der Waals surface area contributed by atoms with Crippen molar-refractivity contribution in [2.24, 2.45) is 11.3 Å². The number of rotatable bonds is 4. The van der Waals surface area contributed by atoms with E-state index in [2.05, 4.69) is 0 Å². The van der Waals surface area contributed by atoms with Crippen LogP contribution >= 0.6 is 0 Å². The van der Waals surface area contributed by atoms with Crippen molar-refractivity contribution in [1.29, 1.82) is 0 Å². The molecule has 0 amide bonds. The summed E-state index contributed by atoms with van der Waals surface area (Å²) in [5.74, 6) is -0.501. The van der Waals surface area contributed by atoms with E-state index in [-0.39, 0.29) is 12.5 Å². The molecule has 0 spiro atoms. The standard InChI is InChI=1S/C11H20O3/c1-11(7-8-12,10(13)14)9-5-3-2-4-6-9/h9,12H,2-8H2,1H3,(H,13,14). The van der Waals surface area contributed by atoms with Gasteiger partial charge in [0, 0.05) is 6.61 Å². The number of aliphatic carboxylic acids is 1. The molecule has 0 aliphatic heterocycles. The Bertz CT molecular complexity index is 197. The number of carbonyl (C=O) groups is 1. The van der Waals surface area contributed by atoms with Gasteiger partial charge in [-0.25, -0.2) is 0 Å². The Morgan fingerprint density at radius 2 is 1.93 bits per heavy atom. The summed E-state index contributed by atoms with van der Waals surface area (Å²) >= 11 is 0. The molecule has 0 aromatic rings. The minimum atomic E-state index is -0.751. The molecule has 0 bridgehead atoms. The van der Waals surface area contributed by atoms with Gasteiger partial charge >= 0.3 is 5.97 Å². The second kappa shape index (κ2) is 4.78. The van der Waals surface area contributed by atoms with Gasteiger partial charge in [0.15, 0.2) is 0 Å². The van der Waals surface area contributed by atoms with E-state index in [9.17, 15) is 9.90 Å². The summed E-state index contributed by atoms with van der Waals surface area (Å²) in [5.41, 5.74) is -0.713. The number of aliphatic hydroxyl groups is 1. The highest BCUT2D eigenvalue weighted by atomic mass is 16.4. The van der Waals surface area contributed by atoms with Crippen molar-refractivity contribution in [2.75, 3.05) is 6.61 Å². The lowest BCUT2D eigenvalue weighted by Gasteiger charge is -2.36. The first kappa shape index (κ1) is 11.5. The number of hydrogen-bond acceptors (Lipinski definition) is 2. The van der Waals surface area contributed by atoms with Crippen LogP contribution < -0.4 is 0 Å². The Balaban J connectivity index is 2.69. The Hall–Kier alpha value is -0.570. The van der Waals surface area contributed by atoms with Gasteiger partial charge in [-0.3, -0.25) is 4.79 Å². The SMILES string of the molecule is CC(CCO)(C(=O)O)C1CCCCC1. The first-order valence-electron chi connectivity index (χ1n) is 5.45. The van der Waals surface area contributed by atoms with E-state index in [1.54, 1.807) is 6.92 Å². The van der Waals surface area contributed by atoms with Gasteiger partial charge in [0.05, 0.1) is 5.41 Å². The normalized spacial score (nSPS) is 23.0. The van der Waals surface area contributed by atoms with Gasteiger partial charge in [0.2, 0.25) is 0 Å². The average molecular weight is 200 g/mol. The molecule has 2 N–H and O–H groups in total. The Kier molecular flexibility index (Phi) is 3.93. The molecule has 0 aromatic heterocycles. The number of carboxylic acid groups (broad SMARTS) is 1. The molecule has 1 saturated carbocycles. The molecule has 82 valence electrons. The molecule has 0 aromatic carbocycles. The van der Waals surface area contributed by atoms with Crippen molar-refractivity contribution in [3.63, 3.8) is 0 Å². The maximum Gasteiger partial charge on any atom is 0.309 e. The van der Waals surface area contributed by atoms with Gasteiger partial charge < -0.3 is 10.2 Å². The zero-order chi connectivity index (χ0) is 10.6. The van der Waals surface area contributed by atoms with Crippen molar-refractivity contribution in [2.45, 2.75) is 45.4 Å². The fourth-order valence-corrected chi connectivity index (χ4v) is 2.46. The third-order valence-electron chi connectivity index (χ3n) is 3.63. The first-order valence-corrected chi connectivity index (χ1v) is 5.45. The van der Waals surface area contributed by atoms with Crippen LogP contribution in [0.3, 0.4) is 0 Å². The summed E-state index contributed by atoms with van der Waals surface area (Å²) < 4.78 is 0. The number of aliphatic hydroxyl groups excluding tert-OH is 1. The molecule has 0 heterocycles. The summed E-state index contributed by atoms with van der Waals surface area (Å²) in [6, 6.07) is 0. The summed E-state index contributed by atoms with van der Waals surface area (Å²) in [6.45, 7) is 1.75. The molecule has 0 saturated heterocycles. The van der Waals surface area contributed by atoms with Crippen LogP contribution in [0.1, 0.15) is 45.4 Å². The molecule has 3 nitrogen and oxygen atoms in total. The maximum atomic E-state index is 11.2. The van der Waals surface area contributed by atoms with Gasteiger partial charge in [-0.05, 0) is 32.1 Å². The third kappa shape index (κ3) is 2.27.